The topological polar surface area (TPSA) is 117 Å². The van der Waals surface area contributed by atoms with Gasteiger partial charge in [-0.15, -0.1) is 0 Å². The molecule has 0 aromatic heterocycles. The summed E-state index contributed by atoms with van der Waals surface area (Å²) in [6.45, 7) is 7.78. The zero-order chi connectivity index (χ0) is 25.9. The zero-order valence-corrected chi connectivity index (χ0v) is 20.3. The molecule has 0 aliphatic rings. The Hall–Kier alpha value is -3.43. The molecule has 1 atom stereocenters. The lowest BCUT2D eigenvalue weighted by Crippen LogP contribution is -2.53. The molecule has 0 bridgehead atoms. The third-order valence-corrected chi connectivity index (χ3v) is 4.51. The van der Waals surface area contributed by atoms with Gasteiger partial charge in [-0.2, -0.15) is 0 Å². The van der Waals surface area contributed by atoms with E-state index in [9.17, 15) is 23.6 Å². The molecule has 1 rings (SSSR count). The molecule has 0 saturated carbocycles. The first-order chi connectivity index (χ1) is 15.9. The second-order valence-corrected chi connectivity index (χ2v) is 8.18. The minimum Gasteiger partial charge on any atom is -0.466 e. The number of allylic oxidation sites excluding steroid dienone is 1. The van der Waals surface area contributed by atoms with Crippen LogP contribution in [0.4, 0.5) is 9.18 Å². The van der Waals surface area contributed by atoms with E-state index >= 15 is 0 Å². The van der Waals surface area contributed by atoms with Crippen molar-refractivity contribution in [3.63, 3.8) is 0 Å². The van der Waals surface area contributed by atoms with Crippen LogP contribution in [0.1, 0.15) is 52.6 Å². The first kappa shape index (κ1) is 28.6. The van der Waals surface area contributed by atoms with Crippen LogP contribution in [0.15, 0.2) is 36.4 Å². The van der Waals surface area contributed by atoms with Crippen molar-refractivity contribution in [1.82, 2.24) is 5.32 Å². The molecule has 34 heavy (non-hydrogen) atoms. The number of carbonyl (C=O) groups excluding carboxylic acids is 4. The fraction of sp³-hybridized carbons (Fsp3) is 0.500. The van der Waals surface area contributed by atoms with Crippen LogP contribution in [0.2, 0.25) is 0 Å². The first-order valence-electron chi connectivity index (χ1n) is 10.7. The number of esters is 3. The van der Waals surface area contributed by atoms with Crippen LogP contribution in [0.3, 0.4) is 0 Å². The number of hydrogen-bond donors (Lipinski definition) is 1. The van der Waals surface area contributed by atoms with E-state index in [1.54, 1.807) is 20.8 Å². The molecule has 0 unspecified atom stereocenters. The Labute approximate surface area is 198 Å². The van der Waals surface area contributed by atoms with Crippen LogP contribution in [-0.2, 0) is 33.3 Å². The third kappa shape index (κ3) is 7.86. The van der Waals surface area contributed by atoms with E-state index in [-0.39, 0.29) is 18.8 Å². The molecule has 9 nitrogen and oxygen atoms in total. The lowest BCUT2D eigenvalue weighted by atomic mass is 9.73. The second-order valence-electron chi connectivity index (χ2n) is 8.18. The van der Waals surface area contributed by atoms with Crippen molar-refractivity contribution in [3.05, 3.63) is 47.8 Å². The molecular formula is C24H32FNO8. The Balaban J connectivity index is 3.78. The molecule has 1 aromatic carbocycles. The number of rotatable bonds is 10. The highest BCUT2D eigenvalue weighted by molar-refractivity contribution is 6.02. The molecule has 0 spiro atoms. The van der Waals surface area contributed by atoms with Gasteiger partial charge in [0.25, 0.3) is 0 Å². The Morgan fingerprint density at radius 3 is 2.12 bits per heavy atom. The van der Waals surface area contributed by atoms with Crippen LogP contribution in [0.5, 0.6) is 0 Å². The van der Waals surface area contributed by atoms with Crippen molar-refractivity contribution in [1.29, 1.82) is 0 Å². The Bertz CT molecular complexity index is 888. The summed E-state index contributed by atoms with van der Waals surface area (Å²) in [6.07, 6.45) is 0.847. The van der Waals surface area contributed by atoms with Crippen molar-refractivity contribution in [3.8, 4) is 0 Å². The molecule has 1 amide bonds. The van der Waals surface area contributed by atoms with Crippen LogP contribution in [-0.4, -0.2) is 49.9 Å². The lowest BCUT2D eigenvalue weighted by Gasteiger charge is -2.36. The summed E-state index contributed by atoms with van der Waals surface area (Å²) in [7, 11) is 1.16. The average molecular weight is 482 g/mol. The van der Waals surface area contributed by atoms with Crippen molar-refractivity contribution >= 4 is 24.0 Å². The largest absolute Gasteiger partial charge is 0.466 e. The van der Waals surface area contributed by atoms with Gasteiger partial charge in [-0.3, -0.25) is 9.59 Å². The number of alkyl carbamates (subject to hydrolysis) is 1. The molecule has 1 aromatic rings. The molecule has 0 aliphatic heterocycles. The fourth-order valence-electron chi connectivity index (χ4n) is 3.14. The van der Waals surface area contributed by atoms with Crippen LogP contribution in [0, 0.1) is 11.2 Å². The standard InChI is InChI=1S/C24H32FNO8/c1-7-32-20(28)24(21(29)33-8-2,14-10-13-18(27)31-6)19(16-11-9-12-17(25)15-16)26-22(30)34-23(3,4)5/h9-13,15,19H,7-8,14H2,1-6H3,(H,26,30)/b13-10+/t19-/m1/s1. The normalized spacial score (nSPS) is 12.6. The van der Waals surface area contributed by atoms with Gasteiger partial charge < -0.3 is 24.3 Å². The number of carbonyl (C=O) groups is 4. The summed E-state index contributed by atoms with van der Waals surface area (Å²) in [5.41, 5.74) is -3.04. The van der Waals surface area contributed by atoms with Gasteiger partial charge in [0.05, 0.1) is 26.4 Å². The van der Waals surface area contributed by atoms with Gasteiger partial charge in [0.15, 0.2) is 5.41 Å². The summed E-state index contributed by atoms with van der Waals surface area (Å²) in [5.74, 6) is -3.47. The van der Waals surface area contributed by atoms with Crippen LogP contribution < -0.4 is 5.32 Å². The van der Waals surface area contributed by atoms with E-state index in [4.69, 9.17) is 14.2 Å². The summed E-state index contributed by atoms with van der Waals surface area (Å²) in [6, 6.07) is 3.56. The maximum absolute atomic E-state index is 14.2. The van der Waals surface area contributed by atoms with E-state index in [1.165, 1.54) is 38.1 Å². The summed E-state index contributed by atoms with van der Waals surface area (Å²) in [5, 5.41) is 2.51. The molecule has 0 radical (unpaired) electrons. The van der Waals surface area contributed by atoms with Crippen LogP contribution >= 0.6 is 0 Å². The SMILES string of the molecule is CCOC(=O)C(C/C=C/C(=O)OC)(C(=O)OCC)[C@H](NC(=O)OC(C)(C)C)c1cccc(F)c1. The van der Waals surface area contributed by atoms with Gasteiger partial charge in [0.2, 0.25) is 0 Å². The van der Waals surface area contributed by atoms with Crippen molar-refractivity contribution < 1.29 is 42.5 Å². The highest BCUT2D eigenvalue weighted by Gasteiger charge is 2.56. The fourth-order valence-corrected chi connectivity index (χ4v) is 3.14. The number of benzene rings is 1. The average Bonchev–Trinajstić information content (AvgIpc) is 2.74. The van der Waals surface area contributed by atoms with Gasteiger partial charge in [0.1, 0.15) is 11.4 Å². The smallest absolute Gasteiger partial charge is 0.408 e. The van der Waals surface area contributed by atoms with Crippen molar-refractivity contribution in [2.45, 2.75) is 52.7 Å². The van der Waals surface area contributed by atoms with Gasteiger partial charge in [-0.25, -0.2) is 14.0 Å². The maximum atomic E-state index is 14.2. The highest BCUT2D eigenvalue weighted by Crippen LogP contribution is 2.41. The van der Waals surface area contributed by atoms with E-state index in [2.05, 4.69) is 10.1 Å². The molecule has 0 saturated heterocycles. The zero-order valence-electron chi connectivity index (χ0n) is 20.3. The summed E-state index contributed by atoms with van der Waals surface area (Å²) in [4.78, 5) is 51.0. The number of nitrogens with one attached hydrogen (secondary N) is 1. The van der Waals surface area contributed by atoms with Crippen molar-refractivity contribution in [2.24, 2.45) is 5.41 Å². The Morgan fingerprint density at radius 2 is 1.65 bits per heavy atom. The Morgan fingerprint density at radius 1 is 1.06 bits per heavy atom. The van der Waals surface area contributed by atoms with Gasteiger partial charge in [0, 0.05) is 6.08 Å². The minimum absolute atomic E-state index is 0.0819. The van der Waals surface area contributed by atoms with E-state index in [0.29, 0.717) is 0 Å². The van der Waals surface area contributed by atoms with E-state index < -0.39 is 53.3 Å². The Kier molecular flexibility index (Phi) is 10.7. The summed E-state index contributed by atoms with van der Waals surface area (Å²) < 4.78 is 34.4. The monoisotopic (exact) mass is 481 g/mol. The predicted octanol–water partition coefficient (Wildman–Crippen LogP) is 3.62. The number of ether oxygens (including phenoxy) is 4. The maximum Gasteiger partial charge on any atom is 0.408 e. The number of hydrogen-bond acceptors (Lipinski definition) is 8. The highest BCUT2D eigenvalue weighted by atomic mass is 19.1. The number of halogens is 1. The van der Waals surface area contributed by atoms with E-state index in [1.807, 2.05) is 0 Å². The number of methoxy groups -OCH3 is 1. The minimum atomic E-state index is -2.22. The molecule has 0 heterocycles. The molecule has 0 fully saturated rings. The van der Waals surface area contributed by atoms with Crippen LogP contribution in [0.25, 0.3) is 0 Å². The molecule has 188 valence electrons. The quantitative estimate of drug-likeness (QED) is 0.233. The summed E-state index contributed by atoms with van der Waals surface area (Å²) >= 11 is 0. The molecule has 1 N–H and O–H groups in total. The second kappa shape index (κ2) is 12.7. The number of amides is 1. The first-order valence-corrected chi connectivity index (χ1v) is 10.7. The van der Waals surface area contributed by atoms with Crippen molar-refractivity contribution in [2.75, 3.05) is 20.3 Å². The lowest BCUT2D eigenvalue weighted by molar-refractivity contribution is -0.174. The predicted molar refractivity (Wildman–Crippen MR) is 120 cm³/mol. The van der Waals surface area contributed by atoms with Gasteiger partial charge in [-0.1, -0.05) is 18.2 Å². The third-order valence-electron chi connectivity index (χ3n) is 4.51. The molecule has 0 aliphatic carbocycles. The van der Waals surface area contributed by atoms with Gasteiger partial charge in [-0.05, 0) is 58.7 Å². The molecular weight excluding hydrogens is 449 g/mol. The van der Waals surface area contributed by atoms with E-state index in [0.717, 1.165) is 19.3 Å². The van der Waals surface area contributed by atoms with Gasteiger partial charge >= 0.3 is 24.0 Å². The molecule has 10 heteroatoms.